The molecule has 4 rings (SSSR count). The number of hydrogen-bond acceptors (Lipinski definition) is 5. The zero-order chi connectivity index (χ0) is 23.9. The van der Waals surface area contributed by atoms with Gasteiger partial charge in [-0.3, -0.25) is 14.5 Å². The molecule has 1 aliphatic rings. The largest absolute Gasteiger partial charge is 0.508 e. The van der Waals surface area contributed by atoms with Crippen molar-refractivity contribution >= 4 is 34.7 Å². The minimum Gasteiger partial charge on any atom is -0.508 e. The van der Waals surface area contributed by atoms with Gasteiger partial charge in [0.2, 0.25) is 0 Å². The number of aliphatic hydroxyl groups is 1. The molecule has 6 nitrogen and oxygen atoms in total. The summed E-state index contributed by atoms with van der Waals surface area (Å²) in [7, 11) is 1.56. The molecule has 2 N–H and O–H groups in total. The molecule has 1 unspecified atom stereocenters. The molecule has 1 amide bonds. The molecule has 0 aliphatic carbocycles. The summed E-state index contributed by atoms with van der Waals surface area (Å²) in [6.07, 6.45) is 0. The number of phenolic OH excluding ortho intramolecular Hbond substituents is 1. The molecule has 0 radical (unpaired) electrons. The molecule has 0 saturated carbocycles. The van der Waals surface area contributed by atoms with Gasteiger partial charge in [-0.15, -0.1) is 0 Å². The average Bonchev–Trinajstić information content (AvgIpc) is 3.06. The Kier molecular flexibility index (Phi) is 5.87. The first-order chi connectivity index (χ1) is 15.7. The monoisotopic (exact) mass is 463 g/mol. The molecule has 1 aliphatic heterocycles. The van der Waals surface area contributed by atoms with E-state index in [1.165, 1.54) is 17.0 Å². The zero-order valence-electron chi connectivity index (χ0n) is 18.3. The molecule has 1 saturated heterocycles. The first kappa shape index (κ1) is 22.4. The van der Waals surface area contributed by atoms with E-state index in [1.54, 1.807) is 62.6 Å². The number of phenols is 1. The highest BCUT2D eigenvalue weighted by atomic mass is 35.5. The molecule has 0 aromatic heterocycles. The van der Waals surface area contributed by atoms with Gasteiger partial charge < -0.3 is 14.9 Å². The number of carbonyl (C=O) groups excluding carboxylic acids is 2. The molecule has 3 aromatic rings. The molecular formula is C26H22ClNO5. The smallest absolute Gasteiger partial charge is 0.300 e. The second kappa shape index (κ2) is 8.64. The Bertz CT molecular complexity index is 1300. The van der Waals surface area contributed by atoms with Gasteiger partial charge in [0.05, 0.1) is 18.7 Å². The van der Waals surface area contributed by atoms with Crippen LogP contribution < -0.4 is 9.64 Å². The van der Waals surface area contributed by atoms with Crippen molar-refractivity contribution in [2.75, 3.05) is 12.0 Å². The summed E-state index contributed by atoms with van der Waals surface area (Å²) >= 11 is 6.01. The molecule has 1 atom stereocenters. The van der Waals surface area contributed by atoms with Crippen LogP contribution in [0.4, 0.5) is 5.69 Å². The van der Waals surface area contributed by atoms with Gasteiger partial charge >= 0.3 is 0 Å². The van der Waals surface area contributed by atoms with Crippen molar-refractivity contribution in [3.8, 4) is 11.5 Å². The standard InChI is InChI=1S/C26H22ClNO5/c1-14-12-21(33-3)15(2)11-20(14)24(30)22-23(16-5-4-6-19(29)13-16)28(26(32)25(22)31)18-9-7-17(27)8-10-18/h4-13,23,29-30H,1-3H3/b24-22+. The number of ether oxygens (including phenoxy) is 1. The number of Topliss-reactive ketones (excluding diaryl/α,β-unsaturated/α-hetero) is 1. The van der Waals surface area contributed by atoms with Crippen molar-refractivity contribution in [3.05, 3.63) is 93.5 Å². The normalized spacial score (nSPS) is 17.5. The number of nitrogens with zero attached hydrogens (tertiary/aromatic N) is 1. The SMILES string of the molecule is COc1cc(C)c(/C(O)=C2\C(=O)C(=O)N(c3ccc(Cl)cc3)C2c2cccc(O)c2)cc1C. The third kappa shape index (κ3) is 3.94. The summed E-state index contributed by atoms with van der Waals surface area (Å²) in [5, 5.41) is 21.9. The molecule has 7 heteroatoms. The fourth-order valence-electron chi connectivity index (χ4n) is 4.12. The van der Waals surface area contributed by atoms with Gasteiger partial charge in [-0.1, -0.05) is 23.7 Å². The Morgan fingerprint density at radius 2 is 1.70 bits per heavy atom. The van der Waals surface area contributed by atoms with E-state index in [9.17, 15) is 19.8 Å². The van der Waals surface area contributed by atoms with Gasteiger partial charge in [0, 0.05) is 16.3 Å². The van der Waals surface area contributed by atoms with E-state index in [0.717, 1.165) is 5.56 Å². The maximum atomic E-state index is 13.2. The minimum atomic E-state index is -0.944. The van der Waals surface area contributed by atoms with Crippen molar-refractivity contribution in [1.82, 2.24) is 0 Å². The van der Waals surface area contributed by atoms with Gasteiger partial charge in [0.25, 0.3) is 11.7 Å². The Labute approximate surface area is 196 Å². The Morgan fingerprint density at radius 3 is 2.33 bits per heavy atom. The number of aryl methyl sites for hydroxylation is 2. The fraction of sp³-hybridized carbons (Fsp3) is 0.154. The van der Waals surface area contributed by atoms with Gasteiger partial charge in [-0.05, 0) is 79.1 Å². The number of benzene rings is 3. The van der Waals surface area contributed by atoms with E-state index in [2.05, 4.69) is 0 Å². The molecule has 168 valence electrons. The highest BCUT2D eigenvalue weighted by Crippen LogP contribution is 2.43. The molecule has 33 heavy (non-hydrogen) atoms. The third-order valence-corrected chi connectivity index (χ3v) is 5.98. The summed E-state index contributed by atoms with van der Waals surface area (Å²) in [4.78, 5) is 27.7. The number of ketones is 1. The third-order valence-electron chi connectivity index (χ3n) is 5.73. The molecule has 3 aromatic carbocycles. The zero-order valence-corrected chi connectivity index (χ0v) is 19.1. The summed E-state index contributed by atoms with van der Waals surface area (Å²) < 4.78 is 5.35. The van der Waals surface area contributed by atoms with Crippen LogP contribution >= 0.6 is 11.6 Å². The van der Waals surface area contributed by atoms with Crippen LogP contribution in [0.2, 0.25) is 5.02 Å². The van der Waals surface area contributed by atoms with Crippen molar-refractivity contribution in [2.45, 2.75) is 19.9 Å². The molecule has 0 spiro atoms. The Morgan fingerprint density at radius 1 is 1.00 bits per heavy atom. The number of aromatic hydroxyl groups is 1. The predicted molar refractivity (Wildman–Crippen MR) is 127 cm³/mol. The quantitative estimate of drug-likeness (QED) is 0.311. The molecule has 1 fully saturated rings. The second-order valence-electron chi connectivity index (χ2n) is 7.88. The number of carbonyl (C=O) groups is 2. The summed E-state index contributed by atoms with van der Waals surface area (Å²) in [6.45, 7) is 3.61. The Hall–Kier alpha value is -3.77. The number of halogens is 1. The summed E-state index contributed by atoms with van der Waals surface area (Å²) in [5.74, 6) is -1.26. The lowest BCUT2D eigenvalue weighted by molar-refractivity contribution is -0.132. The first-order valence-electron chi connectivity index (χ1n) is 10.2. The number of methoxy groups -OCH3 is 1. The fourth-order valence-corrected chi connectivity index (χ4v) is 4.25. The van der Waals surface area contributed by atoms with Crippen molar-refractivity contribution in [2.24, 2.45) is 0 Å². The number of hydrogen-bond donors (Lipinski definition) is 2. The van der Waals surface area contributed by atoms with Gasteiger partial charge in [0.15, 0.2) is 0 Å². The molecule has 0 bridgehead atoms. The van der Waals surface area contributed by atoms with Gasteiger partial charge in [-0.25, -0.2) is 0 Å². The van der Waals surface area contributed by atoms with Crippen LogP contribution in [0.5, 0.6) is 11.5 Å². The number of anilines is 1. The van der Waals surface area contributed by atoms with Crippen LogP contribution in [0, 0.1) is 13.8 Å². The highest BCUT2D eigenvalue weighted by Gasteiger charge is 2.47. The lowest BCUT2D eigenvalue weighted by atomic mass is 9.93. The molecule has 1 heterocycles. The van der Waals surface area contributed by atoms with Crippen molar-refractivity contribution in [1.29, 1.82) is 0 Å². The van der Waals surface area contributed by atoms with Crippen molar-refractivity contribution in [3.63, 3.8) is 0 Å². The Balaban J connectivity index is 1.98. The maximum Gasteiger partial charge on any atom is 0.300 e. The lowest BCUT2D eigenvalue weighted by Gasteiger charge is -2.25. The van der Waals surface area contributed by atoms with Crippen LogP contribution in [-0.2, 0) is 9.59 Å². The van der Waals surface area contributed by atoms with E-state index < -0.39 is 17.7 Å². The van der Waals surface area contributed by atoms with Gasteiger partial charge in [0.1, 0.15) is 17.3 Å². The van der Waals surface area contributed by atoms with Crippen LogP contribution in [-0.4, -0.2) is 29.0 Å². The maximum absolute atomic E-state index is 13.2. The highest BCUT2D eigenvalue weighted by molar-refractivity contribution is 6.51. The van der Waals surface area contributed by atoms with E-state index >= 15 is 0 Å². The average molecular weight is 464 g/mol. The number of aliphatic hydroxyl groups excluding tert-OH is 1. The van der Waals surface area contributed by atoms with Crippen LogP contribution in [0.25, 0.3) is 5.76 Å². The van der Waals surface area contributed by atoms with Crippen LogP contribution in [0.15, 0.2) is 66.2 Å². The first-order valence-corrected chi connectivity index (χ1v) is 10.6. The summed E-state index contributed by atoms with van der Waals surface area (Å²) in [6, 6.07) is 15.3. The predicted octanol–water partition coefficient (Wildman–Crippen LogP) is 5.30. The number of amides is 1. The van der Waals surface area contributed by atoms with E-state index in [1.807, 2.05) is 6.92 Å². The number of rotatable bonds is 4. The lowest BCUT2D eigenvalue weighted by Crippen LogP contribution is -2.29. The summed E-state index contributed by atoms with van der Waals surface area (Å²) in [5.41, 5.74) is 2.73. The second-order valence-corrected chi connectivity index (χ2v) is 8.31. The molecular weight excluding hydrogens is 442 g/mol. The van der Waals surface area contributed by atoms with Gasteiger partial charge in [-0.2, -0.15) is 0 Å². The van der Waals surface area contributed by atoms with Crippen molar-refractivity contribution < 1.29 is 24.5 Å². The van der Waals surface area contributed by atoms with E-state index in [4.69, 9.17) is 16.3 Å². The van der Waals surface area contributed by atoms with Crippen LogP contribution in [0.3, 0.4) is 0 Å². The topological polar surface area (TPSA) is 87.1 Å². The van der Waals surface area contributed by atoms with E-state index in [0.29, 0.717) is 33.1 Å². The van der Waals surface area contributed by atoms with E-state index in [-0.39, 0.29) is 17.1 Å². The minimum absolute atomic E-state index is 0.0225. The van der Waals surface area contributed by atoms with Crippen LogP contribution in [0.1, 0.15) is 28.3 Å².